The summed E-state index contributed by atoms with van der Waals surface area (Å²) in [5.74, 6) is 0.677. The van der Waals surface area contributed by atoms with Gasteiger partial charge in [-0.15, -0.1) is 0 Å². The van der Waals surface area contributed by atoms with Gasteiger partial charge in [0.1, 0.15) is 6.34 Å². The number of anilines is 6. The third-order valence-corrected chi connectivity index (χ3v) is 11.0. The Morgan fingerprint density at radius 2 is 1.03 bits per heavy atom. The van der Waals surface area contributed by atoms with Crippen LogP contribution in [0.15, 0.2) is 123 Å². The fourth-order valence-electron chi connectivity index (χ4n) is 7.94. The Hall–Kier alpha value is -6.38. The van der Waals surface area contributed by atoms with Gasteiger partial charge in [0.05, 0.1) is 39.6 Å². The van der Waals surface area contributed by atoms with E-state index in [1.807, 2.05) is 48.6 Å². The van der Waals surface area contributed by atoms with Gasteiger partial charge >= 0.3 is 12.4 Å². The molecule has 302 valence electrons. The van der Waals surface area contributed by atoms with Crippen molar-refractivity contribution in [3.63, 3.8) is 0 Å². The first-order chi connectivity index (χ1) is 28.5. The lowest BCUT2D eigenvalue weighted by molar-refractivity contribution is -0.138. The van der Waals surface area contributed by atoms with Gasteiger partial charge in [0.15, 0.2) is 0 Å². The summed E-state index contributed by atoms with van der Waals surface area (Å²) in [6, 6.07) is 21.9. The summed E-state index contributed by atoms with van der Waals surface area (Å²) < 4.78 is 80.6. The maximum Gasteiger partial charge on any atom is 0.416 e. The minimum atomic E-state index is -4.46. The van der Waals surface area contributed by atoms with Gasteiger partial charge in [0, 0.05) is 60.1 Å². The predicted octanol–water partition coefficient (Wildman–Crippen LogP) is 11.0. The van der Waals surface area contributed by atoms with Crippen LogP contribution < -0.4 is 20.4 Å². The van der Waals surface area contributed by atoms with Gasteiger partial charge < -0.3 is 20.4 Å². The van der Waals surface area contributed by atoms with Crippen molar-refractivity contribution in [1.29, 1.82) is 0 Å². The van der Waals surface area contributed by atoms with Crippen LogP contribution in [0.5, 0.6) is 0 Å². The highest BCUT2D eigenvalue weighted by atomic mass is 19.4. The number of allylic oxidation sites excluding steroid dienone is 2. The molecule has 5 aliphatic heterocycles. The molecular weight excluding hydrogens is 769 g/mol. The van der Waals surface area contributed by atoms with Crippen LogP contribution in [0.3, 0.4) is 0 Å². The van der Waals surface area contributed by atoms with Crippen LogP contribution in [0, 0.1) is 0 Å². The van der Waals surface area contributed by atoms with Crippen molar-refractivity contribution in [3.05, 3.63) is 125 Å². The molecular formula is C44H39F6N9. The monoisotopic (exact) mass is 807 g/mol. The smallest absolute Gasteiger partial charge is 0.371 e. The third kappa shape index (κ3) is 8.05. The standard InChI is InChI=1S/C44H39F6N9/c45-43(46,47)28-7-11-30(12-8-28)53-37-23-32(57-19-3-1-4-20-57)15-17-35(37)39-25-34-26-40(56-42-52-27-51-41(55-39)59(34)42)36-18-16-33(58-21-5-2-6-22-58)24-38(36)54-31-13-9-29(10-14-31)44(48,49)50/h7-18,23-27,53-54H,1-6,19-22H2. The van der Waals surface area contributed by atoms with Crippen molar-refractivity contribution >= 4 is 63.8 Å². The Morgan fingerprint density at radius 1 is 0.525 bits per heavy atom. The van der Waals surface area contributed by atoms with Gasteiger partial charge in [-0.1, -0.05) is 0 Å². The molecule has 5 aliphatic rings. The molecule has 15 heteroatoms. The van der Waals surface area contributed by atoms with E-state index in [2.05, 4.69) is 30.4 Å². The second kappa shape index (κ2) is 15.4. The summed E-state index contributed by atoms with van der Waals surface area (Å²) in [6.07, 6.45) is 2.86. The third-order valence-electron chi connectivity index (χ3n) is 11.0. The number of guanidine groups is 2. The van der Waals surface area contributed by atoms with E-state index < -0.39 is 23.5 Å². The average Bonchev–Trinajstić information content (AvgIpc) is 3.24. The molecule has 0 radical (unpaired) electrons. The van der Waals surface area contributed by atoms with Gasteiger partial charge in [0.25, 0.3) is 0 Å². The molecule has 2 N–H and O–H groups in total. The minimum absolute atomic E-state index is 0.339. The fourth-order valence-corrected chi connectivity index (χ4v) is 7.94. The van der Waals surface area contributed by atoms with Crippen molar-refractivity contribution in [3.8, 4) is 0 Å². The van der Waals surface area contributed by atoms with Crippen molar-refractivity contribution in [1.82, 2.24) is 4.90 Å². The Labute approximate surface area is 336 Å². The highest BCUT2D eigenvalue weighted by Gasteiger charge is 2.34. The van der Waals surface area contributed by atoms with Gasteiger partial charge in [-0.05, 0) is 136 Å². The molecule has 5 heterocycles. The molecule has 0 bridgehead atoms. The first kappa shape index (κ1) is 38.2. The van der Waals surface area contributed by atoms with Crippen LogP contribution in [0.4, 0.5) is 60.5 Å². The summed E-state index contributed by atoms with van der Waals surface area (Å²) in [4.78, 5) is 25.2. The van der Waals surface area contributed by atoms with E-state index in [0.717, 1.165) is 100 Å². The first-order valence-electron chi connectivity index (χ1n) is 19.6. The zero-order valence-electron chi connectivity index (χ0n) is 31.8. The fraction of sp³-hybridized carbons (Fsp3) is 0.273. The lowest BCUT2D eigenvalue weighted by Gasteiger charge is -2.33. The normalized spacial score (nSPS) is 18.0. The molecule has 0 aromatic heterocycles. The number of nitrogens with one attached hydrogen (secondary N) is 2. The average molecular weight is 808 g/mol. The molecule has 0 saturated carbocycles. The summed E-state index contributed by atoms with van der Waals surface area (Å²) in [6.45, 7) is 3.61. The minimum Gasteiger partial charge on any atom is -0.371 e. The molecule has 0 atom stereocenters. The van der Waals surface area contributed by atoms with E-state index in [0.29, 0.717) is 62.9 Å². The molecule has 2 fully saturated rings. The molecule has 59 heavy (non-hydrogen) atoms. The molecule has 2 saturated heterocycles. The highest BCUT2D eigenvalue weighted by Crippen LogP contribution is 2.39. The summed E-state index contributed by atoms with van der Waals surface area (Å²) >= 11 is 0. The Morgan fingerprint density at radius 3 is 1.56 bits per heavy atom. The van der Waals surface area contributed by atoms with Crippen molar-refractivity contribution in [2.45, 2.75) is 50.9 Å². The van der Waals surface area contributed by atoms with E-state index in [1.165, 1.54) is 30.6 Å². The Balaban J connectivity index is 1.10. The molecule has 9 nitrogen and oxygen atoms in total. The lowest BCUT2D eigenvalue weighted by atomic mass is 10.0. The second-order valence-corrected chi connectivity index (χ2v) is 15.0. The van der Waals surface area contributed by atoms with E-state index in [4.69, 9.17) is 9.98 Å². The summed E-state index contributed by atoms with van der Waals surface area (Å²) in [5, 5.41) is 6.73. The van der Waals surface area contributed by atoms with E-state index in [-0.39, 0.29) is 0 Å². The predicted molar refractivity (Wildman–Crippen MR) is 222 cm³/mol. The lowest BCUT2D eigenvalue weighted by Crippen LogP contribution is -2.40. The maximum absolute atomic E-state index is 13.4. The molecule has 0 amide bonds. The van der Waals surface area contributed by atoms with Crippen LogP contribution >= 0.6 is 0 Å². The van der Waals surface area contributed by atoms with E-state index in [9.17, 15) is 26.3 Å². The number of nitrogens with zero attached hydrogens (tertiary/aromatic N) is 7. The van der Waals surface area contributed by atoms with Crippen molar-refractivity contribution in [2.24, 2.45) is 20.0 Å². The van der Waals surface area contributed by atoms with Crippen LogP contribution in [0.25, 0.3) is 5.70 Å². The number of hydrogen-bond donors (Lipinski definition) is 2. The van der Waals surface area contributed by atoms with Crippen LogP contribution in [0.1, 0.15) is 60.8 Å². The van der Waals surface area contributed by atoms with Crippen molar-refractivity contribution in [2.75, 3.05) is 46.6 Å². The summed E-state index contributed by atoms with van der Waals surface area (Å²) in [5.41, 5.74) is 6.01. The quantitative estimate of drug-likeness (QED) is 0.173. The van der Waals surface area contributed by atoms with Crippen LogP contribution in [0.2, 0.25) is 0 Å². The number of piperidine rings is 2. The van der Waals surface area contributed by atoms with Gasteiger partial charge in [-0.3, -0.25) is 0 Å². The second-order valence-electron chi connectivity index (χ2n) is 15.0. The van der Waals surface area contributed by atoms with Gasteiger partial charge in [-0.25, -0.2) is 24.9 Å². The molecule has 0 aliphatic carbocycles. The van der Waals surface area contributed by atoms with Gasteiger partial charge in [0.2, 0.25) is 11.9 Å². The topological polar surface area (TPSA) is 83.2 Å². The van der Waals surface area contributed by atoms with Crippen LogP contribution in [-0.4, -0.2) is 55.0 Å². The maximum atomic E-state index is 13.4. The molecule has 4 aromatic carbocycles. The Kier molecular flexibility index (Phi) is 9.97. The molecule has 0 unspecified atom stereocenters. The zero-order valence-corrected chi connectivity index (χ0v) is 31.8. The Bertz CT molecular complexity index is 2310. The van der Waals surface area contributed by atoms with Gasteiger partial charge in [-0.2, -0.15) is 26.3 Å². The molecule has 9 rings (SSSR count). The number of aliphatic imine (C=N–C) groups is 4. The largest absolute Gasteiger partial charge is 0.416 e. The number of benzene rings is 4. The summed E-state index contributed by atoms with van der Waals surface area (Å²) in [7, 11) is 0. The highest BCUT2D eigenvalue weighted by molar-refractivity contribution is 6.24. The number of halogens is 6. The first-order valence-corrected chi connectivity index (χ1v) is 19.6. The number of alkyl halides is 6. The molecule has 4 aromatic rings. The van der Waals surface area contributed by atoms with E-state index >= 15 is 0 Å². The zero-order chi connectivity index (χ0) is 40.7. The van der Waals surface area contributed by atoms with Crippen molar-refractivity contribution < 1.29 is 26.3 Å². The van der Waals surface area contributed by atoms with E-state index in [1.54, 1.807) is 4.90 Å². The molecule has 0 spiro atoms. The number of rotatable bonds is 8. The van der Waals surface area contributed by atoms with Crippen LogP contribution in [-0.2, 0) is 12.4 Å². The number of hydrogen-bond acceptors (Lipinski definition) is 9. The SMILES string of the molecule is FC(F)(F)c1ccc(Nc2cc(N3CCCCC3)ccc2C2=CC3=CC(c4ccc(N5CCCCC5)cc4Nc4ccc(C(F)(F)F)cc4)=NC4=NC=NC(=N2)N34)cc1.